The van der Waals surface area contributed by atoms with Crippen molar-refractivity contribution in [1.82, 2.24) is 0 Å². The van der Waals surface area contributed by atoms with E-state index in [4.69, 9.17) is 0 Å². The zero-order valence-corrected chi connectivity index (χ0v) is 19.3. The van der Waals surface area contributed by atoms with Crippen molar-refractivity contribution in [3.63, 3.8) is 0 Å². The first-order chi connectivity index (χ1) is 15.1. The summed E-state index contributed by atoms with van der Waals surface area (Å²) in [5, 5.41) is 0.888. The fourth-order valence-corrected chi connectivity index (χ4v) is 6.32. The second-order valence-electron chi connectivity index (χ2n) is 10.1. The smallest absolute Gasteiger partial charge is 0.137 e. The predicted octanol–water partition coefficient (Wildman–Crippen LogP) is 9.12. The van der Waals surface area contributed by atoms with Crippen LogP contribution in [0, 0.1) is 29.4 Å². The molecule has 2 heteroatoms. The van der Waals surface area contributed by atoms with E-state index in [-0.39, 0.29) is 17.0 Å². The summed E-state index contributed by atoms with van der Waals surface area (Å²) in [6, 6.07) is 7.47. The van der Waals surface area contributed by atoms with Crippen LogP contribution in [-0.2, 0) is 6.42 Å². The summed E-state index contributed by atoms with van der Waals surface area (Å²) in [4.78, 5) is 0. The lowest BCUT2D eigenvalue weighted by atomic mass is 9.63. The first kappa shape index (κ1) is 22.5. The molecule has 0 spiro atoms. The van der Waals surface area contributed by atoms with E-state index in [0.717, 1.165) is 36.2 Å². The number of unbranched alkanes of at least 4 members (excludes halogenated alkanes) is 1. The highest BCUT2D eigenvalue weighted by Crippen LogP contribution is 2.48. The molecule has 0 saturated heterocycles. The summed E-state index contributed by atoms with van der Waals surface area (Å²) in [5.74, 6) is 2.25. The van der Waals surface area contributed by atoms with E-state index in [1.807, 2.05) is 31.2 Å². The van der Waals surface area contributed by atoms with Gasteiger partial charge in [0.25, 0.3) is 0 Å². The van der Waals surface area contributed by atoms with Gasteiger partial charge in [0.1, 0.15) is 11.6 Å². The van der Waals surface area contributed by atoms with Crippen LogP contribution in [-0.4, -0.2) is 0 Å². The second kappa shape index (κ2) is 10.3. The Labute approximate surface area is 187 Å². The van der Waals surface area contributed by atoms with Crippen molar-refractivity contribution in [2.45, 2.75) is 90.4 Å². The molecule has 0 bridgehead atoms. The number of allylic oxidation sites excluding steroid dienone is 2. The molecule has 4 rings (SSSR count). The Balaban J connectivity index is 1.49. The van der Waals surface area contributed by atoms with Gasteiger partial charge in [-0.05, 0) is 98.1 Å². The maximum Gasteiger partial charge on any atom is 0.137 e. The number of benzene rings is 2. The third-order valence-corrected chi connectivity index (χ3v) is 8.08. The molecule has 4 atom stereocenters. The first-order valence-corrected chi connectivity index (χ1v) is 12.6. The van der Waals surface area contributed by atoms with Gasteiger partial charge >= 0.3 is 0 Å². The van der Waals surface area contributed by atoms with Gasteiger partial charge in [-0.3, -0.25) is 0 Å². The minimum absolute atomic E-state index is 0.173. The van der Waals surface area contributed by atoms with Crippen molar-refractivity contribution < 1.29 is 8.78 Å². The van der Waals surface area contributed by atoms with Crippen LogP contribution in [0.25, 0.3) is 10.8 Å². The molecule has 0 heterocycles. The molecule has 2 aromatic rings. The summed E-state index contributed by atoms with van der Waals surface area (Å²) >= 11 is 0. The molecule has 0 amide bonds. The molecule has 2 saturated carbocycles. The Morgan fingerprint density at radius 2 is 1.81 bits per heavy atom. The summed E-state index contributed by atoms with van der Waals surface area (Å²) in [5.41, 5.74) is 1.69. The van der Waals surface area contributed by atoms with Crippen LogP contribution in [0.15, 0.2) is 36.4 Å². The highest BCUT2D eigenvalue weighted by atomic mass is 19.1. The molecule has 0 radical (unpaired) electrons. The van der Waals surface area contributed by atoms with Crippen LogP contribution >= 0.6 is 0 Å². The summed E-state index contributed by atoms with van der Waals surface area (Å²) in [7, 11) is 0. The SMILES string of the molecule is C/C=C/CCc1ccc2cc(C3CCC4CC(CCCC)CCC4C3)cc(F)c2c1F. The molecule has 0 N–H and O–H groups in total. The Kier molecular flexibility index (Phi) is 7.46. The fourth-order valence-electron chi connectivity index (χ4n) is 6.32. The molecule has 0 nitrogen and oxygen atoms in total. The molecule has 4 unspecified atom stereocenters. The van der Waals surface area contributed by atoms with E-state index in [1.165, 1.54) is 51.4 Å². The van der Waals surface area contributed by atoms with Gasteiger partial charge < -0.3 is 0 Å². The molecular weight excluding hydrogens is 386 g/mol. The van der Waals surface area contributed by atoms with Crippen molar-refractivity contribution in [3.8, 4) is 0 Å². The van der Waals surface area contributed by atoms with E-state index in [1.54, 1.807) is 6.07 Å². The predicted molar refractivity (Wildman–Crippen MR) is 127 cm³/mol. The quantitative estimate of drug-likeness (QED) is 0.389. The lowest BCUT2D eigenvalue weighted by molar-refractivity contribution is 0.113. The number of fused-ring (bicyclic) bond motifs is 2. The molecule has 2 aliphatic carbocycles. The molecule has 0 aliphatic heterocycles. The third kappa shape index (κ3) is 5.04. The lowest BCUT2D eigenvalue weighted by Gasteiger charge is -2.42. The largest absolute Gasteiger partial charge is 0.206 e. The van der Waals surface area contributed by atoms with Gasteiger partial charge in [0.2, 0.25) is 0 Å². The van der Waals surface area contributed by atoms with Crippen LogP contribution in [0.3, 0.4) is 0 Å². The van der Waals surface area contributed by atoms with E-state index < -0.39 is 0 Å². The minimum Gasteiger partial charge on any atom is -0.206 e. The van der Waals surface area contributed by atoms with Gasteiger partial charge in [-0.1, -0.05) is 63.0 Å². The highest BCUT2D eigenvalue weighted by Gasteiger charge is 2.36. The standard InChI is InChI=1S/C29H38F2/c1-3-5-7-9-21-12-15-25-18-26(19-27(30)28(25)29(21)31)24-14-13-22-16-20(8-6-4-2)10-11-23(22)17-24/h3,5,12,15,18-20,22-24H,4,6-11,13-14,16-17H2,1-2H3/b5-3+. The van der Waals surface area contributed by atoms with Crippen LogP contribution in [0.4, 0.5) is 8.78 Å². The average molecular weight is 425 g/mol. The summed E-state index contributed by atoms with van der Waals surface area (Å²) < 4.78 is 30.1. The van der Waals surface area contributed by atoms with Crippen molar-refractivity contribution in [3.05, 3.63) is 59.2 Å². The fraction of sp³-hybridized carbons (Fsp3) is 0.586. The maximum atomic E-state index is 15.1. The number of aryl methyl sites for hydroxylation is 1. The highest BCUT2D eigenvalue weighted by molar-refractivity contribution is 5.85. The Morgan fingerprint density at radius 3 is 2.61 bits per heavy atom. The monoisotopic (exact) mass is 424 g/mol. The zero-order valence-electron chi connectivity index (χ0n) is 19.3. The van der Waals surface area contributed by atoms with Crippen LogP contribution in [0.1, 0.15) is 95.1 Å². The second-order valence-corrected chi connectivity index (χ2v) is 10.1. The van der Waals surface area contributed by atoms with Crippen molar-refractivity contribution in [2.75, 3.05) is 0 Å². The molecule has 2 aliphatic rings. The molecule has 2 fully saturated rings. The Hall–Kier alpha value is -1.70. The van der Waals surface area contributed by atoms with Crippen molar-refractivity contribution in [1.29, 1.82) is 0 Å². The van der Waals surface area contributed by atoms with E-state index in [9.17, 15) is 0 Å². The van der Waals surface area contributed by atoms with Gasteiger partial charge in [-0.2, -0.15) is 0 Å². The number of hydrogen-bond donors (Lipinski definition) is 0. The van der Waals surface area contributed by atoms with Crippen LogP contribution in [0.5, 0.6) is 0 Å². The molecule has 168 valence electrons. The van der Waals surface area contributed by atoms with E-state index >= 15 is 8.78 Å². The topological polar surface area (TPSA) is 0 Å². The molecule has 2 aromatic carbocycles. The maximum absolute atomic E-state index is 15.1. The van der Waals surface area contributed by atoms with Gasteiger partial charge in [0.05, 0.1) is 5.39 Å². The van der Waals surface area contributed by atoms with Crippen LogP contribution < -0.4 is 0 Å². The normalized spacial score (nSPS) is 26.5. The Bertz CT molecular complexity index is 913. The number of rotatable bonds is 7. The van der Waals surface area contributed by atoms with E-state index in [2.05, 4.69) is 13.0 Å². The van der Waals surface area contributed by atoms with Crippen molar-refractivity contribution >= 4 is 10.8 Å². The minimum atomic E-state index is -0.386. The van der Waals surface area contributed by atoms with Crippen molar-refractivity contribution in [2.24, 2.45) is 17.8 Å². The van der Waals surface area contributed by atoms with Gasteiger partial charge in [-0.25, -0.2) is 8.78 Å². The lowest BCUT2D eigenvalue weighted by Crippen LogP contribution is -2.30. The molecule has 0 aromatic heterocycles. The number of hydrogen-bond acceptors (Lipinski definition) is 0. The third-order valence-electron chi connectivity index (χ3n) is 8.08. The van der Waals surface area contributed by atoms with Crippen LogP contribution in [0.2, 0.25) is 0 Å². The summed E-state index contributed by atoms with van der Waals surface area (Å²) in [6.45, 7) is 4.25. The zero-order chi connectivity index (χ0) is 21.8. The first-order valence-electron chi connectivity index (χ1n) is 12.6. The van der Waals surface area contributed by atoms with Gasteiger partial charge in [-0.15, -0.1) is 0 Å². The number of halogens is 2. The Morgan fingerprint density at radius 1 is 1.00 bits per heavy atom. The molecule has 31 heavy (non-hydrogen) atoms. The van der Waals surface area contributed by atoms with Gasteiger partial charge in [0, 0.05) is 0 Å². The van der Waals surface area contributed by atoms with E-state index in [0.29, 0.717) is 23.3 Å². The van der Waals surface area contributed by atoms with Gasteiger partial charge in [0.15, 0.2) is 0 Å². The average Bonchev–Trinajstić information content (AvgIpc) is 2.78. The molecular formula is C29H38F2. The summed E-state index contributed by atoms with van der Waals surface area (Å²) in [6.07, 6.45) is 17.2.